The van der Waals surface area contributed by atoms with Crippen LogP contribution in [0.2, 0.25) is 5.02 Å². The van der Waals surface area contributed by atoms with E-state index in [0.717, 1.165) is 5.56 Å². The van der Waals surface area contributed by atoms with Gasteiger partial charge in [-0.05, 0) is 60.7 Å². The Morgan fingerprint density at radius 3 is 2.55 bits per heavy atom. The molecule has 2 aromatic carbocycles. The number of halogens is 2. The summed E-state index contributed by atoms with van der Waals surface area (Å²) in [5.74, 6) is 1.20. The highest BCUT2D eigenvalue weighted by molar-refractivity contribution is 6.31. The Labute approximate surface area is 182 Å². The van der Waals surface area contributed by atoms with Crippen molar-refractivity contribution in [3.05, 3.63) is 95.2 Å². The fraction of sp³-hybridized carbons (Fsp3) is 0.0417. The molecule has 0 atom stereocenters. The quantitative estimate of drug-likeness (QED) is 0.355. The molecule has 0 aliphatic rings. The number of aliphatic hydroxyl groups is 1. The molecule has 0 spiro atoms. The van der Waals surface area contributed by atoms with Crippen molar-refractivity contribution in [2.75, 3.05) is 5.32 Å². The molecule has 0 bridgehead atoms. The number of carbonyl (C=O) groups is 1. The van der Waals surface area contributed by atoms with Gasteiger partial charge in [-0.15, -0.1) is 0 Å². The molecule has 0 saturated heterocycles. The minimum Gasteiger partial charge on any atom is -0.459 e. The van der Waals surface area contributed by atoms with Crippen LogP contribution in [-0.4, -0.2) is 11.0 Å². The second kappa shape index (κ2) is 9.04. The lowest BCUT2D eigenvalue weighted by atomic mass is 10.1. The highest BCUT2D eigenvalue weighted by Crippen LogP contribution is 2.27. The largest absolute Gasteiger partial charge is 0.459 e. The normalized spacial score (nSPS) is 11.2. The Kier molecular flexibility index (Phi) is 6.02. The number of nitrogens with one attached hydrogen (secondary N) is 1. The van der Waals surface area contributed by atoms with Crippen molar-refractivity contribution in [2.24, 2.45) is 0 Å². The molecule has 156 valence electrons. The second-order valence-corrected chi connectivity index (χ2v) is 7.07. The van der Waals surface area contributed by atoms with Gasteiger partial charge in [-0.1, -0.05) is 23.7 Å². The standard InChI is InChI=1S/C24H17ClFNO4/c25-20-13-16(4-8-21(20)26)23-9-5-18(30-23)7-11-24(29)27-17-3-1-2-15(12-17)22-10-6-19(14-28)31-22/h1-13,28H,14H2,(H,27,29)/b11-7+. The van der Waals surface area contributed by atoms with Gasteiger partial charge in [0.25, 0.3) is 0 Å². The first-order chi connectivity index (χ1) is 15.0. The molecule has 0 unspecified atom stereocenters. The molecule has 4 aromatic rings. The van der Waals surface area contributed by atoms with E-state index in [-0.39, 0.29) is 17.5 Å². The lowest BCUT2D eigenvalue weighted by Crippen LogP contribution is -2.07. The van der Waals surface area contributed by atoms with Gasteiger partial charge in [0.05, 0.1) is 5.02 Å². The second-order valence-electron chi connectivity index (χ2n) is 6.66. The van der Waals surface area contributed by atoms with Crippen molar-refractivity contribution >= 4 is 29.3 Å². The zero-order valence-corrected chi connectivity index (χ0v) is 16.9. The third kappa shape index (κ3) is 4.94. The van der Waals surface area contributed by atoms with Crippen LogP contribution in [0.5, 0.6) is 0 Å². The van der Waals surface area contributed by atoms with E-state index in [1.807, 2.05) is 6.07 Å². The van der Waals surface area contributed by atoms with E-state index in [4.69, 9.17) is 25.5 Å². The van der Waals surface area contributed by atoms with E-state index in [0.29, 0.717) is 34.3 Å². The third-order valence-electron chi connectivity index (χ3n) is 4.46. The highest BCUT2D eigenvalue weighted by Gasteiger charge is 2.08. The third-order valence-corrected chi connectivity index (χ3v) is 4.75. The number of rotatable bonds is 6. The molecule has 4 rings (SSSR count). The predicted molar refractivity (Wildman–Crippen MR) is 117 cm³/mol. The summed E-state index contributed by atoms with van der Waals surface area (Å²) in [5, 5.41) is 11.9. The summed E-state index contributed by atoms with van der Waals surface area (Å²) in [5.41, 5.74) is 2.00. The Bertz CT molecular complexity index is 1260. The summed E-state index contributed by atoms with van der Waals surface area (Å²) >= 11 is 5.81. The average Bonchev–Trinajstić information content (AvgIpc) is 3.44. The minimum absolute atomic E-state index is 0.00901. The molecule has 2 aromatic heterocycles. The lowest BCUT2D eigenvalue weighted by molar-refractivity contribution is -0.111. The number of carbonyl (C=O) groups excluding carboxylic acids is 1. The van der Waals surface area contributed by atoms with Crippen LogP contribution in [0.1, 0.15) is 11.5 Å². The molecular weight excluding hydrogens is 421 g/mol. The summed E-state index contributed by atoms with van der Waals surface area (Å²) < 4.78 is 24.5. The summed E-state index contributed by atoms with van der Waals surface area (Å²) in [6.07, 6.45) is 2.89. The predicted octanol–water partition coefficient (Wildman–Crippen LogP) is 6.14. The SMILES string of the molecule is O=C(/C=C/c1ccc(-c2ccc(F)c(Cl)c2)o1)Nc1cccc(-c2ccc(CO)o2)c1. The van der Waals surface area contributed by atoms with Crippen molar-refractivity contribution in [3.63, 3.8) is 0 Å². The molecular formula is C24H17ClFNO4. The van der Waals surface area contributed by atoms with Crippen LogP contribution >= 0.6 is 11.6 Å². The van der Waals surface area contributed by atoms with Gasteiger partial charge in [-0.2, -0.15) is 0 Å². The first-order valence-corrected chi connectivity index (χ1v) is 9.74. The average molecular weight is 438 g/mol. The van der Waals surface area contributed by atoms with Crippen LogP contribution in [-0.2, 0) is 11.4 Å². The Morgan fingerprint density at radius 2 is 1.77 bits per heavy atom. The van der Waals surface area contributed by atoms with Crippen molar-refractivity contribution < 1.29 is 23.1 Å². The number of aliphatic hydroxyl groups excluding tert-OH is 1. The Morgan fingerprint density at radius 1 is 1.00 bits per heavy atom. The molecule has 1 amide bonds. The molecule has 2 heterocycles. The maximum atomic E-state index is 13.3. The monoisotopic (exact) mass is 437 g/mol. The van der Waals surface area contributed by atoms with Gasteiger partial charge < -0.3 is 19.3 Å². The van der Waals surface area contributed by atoms with E-state index in [2.05, 4.69) is 5.32 Å². The van der Waals surface area contributed by atoms with Gasteiger partial charge in [0, 0.05) is 22.9 Å². The van der Waals surface area contributed by atoms with Crippen LogP contribution in [0.15, 0.2) is 81.6 Å². The van der Waals surface area contributed by atoms with Crippen LogP contribution in [0.25, 0.3) is 28.7 Å². The van der Waals surface area contributed by atoms with Gasteiger partial charge in [-0.25, -0.2) is 4.39 Å². The fourth-order valence-electron chi connectivity index (χ4n) is 2.96. The van der Waals surface area contributed by atoms with Gasteiger partial charge in [-0.3, -0.25) is 4.79 Å². The maximum absolute atomic E-state index is 13.3. The number of amides is 1. The fourth-order valence-corrected chi connectivity index (χ4v) is 3.14. The Balaban J connectivity index is 1.43. The Hall–Kier alpha value is -3.61. The van der Waals surface area contributed by atoms with E-state index in [1.54, 1.807) is 48.5 Å². The van der Waals surface area contributed by atoms with Gasteiger partial charge >= 0.3 is 0 Å². The molecule has 7 heteroatoms. The van der Waals surface area contributed by atoms with Gasteiger partial charge in [0.2, 0.25) is 5.91 Å². The zero-order chi connectivity index (χ0) is 21.8. The lowest BCUT2D eigenvalue weighted by Gasteiger charge is -2.04. The summed E-state index contributed by atoms with van der Waals surface area (Å²) in [6, 6.07) is 18.4. The van der Waals surface area contributed by atoms with Crippen molar-refractivity contribution in [3.8, 4) is 22.6 Å². The van der Waals surface area contributed by atoms with E-state index < -0.39 is 5.82 Å². The first-order valence-electron chi connectivity index (χ1n) is 9.36. The van der Waals surface area contributed by atoms with Crippen LogP contribution in [0, 0.1) is 5.82 Å². The smallest absolute Gasteiger partial charge is 0.248 e. The highest BCUT2D eigenvalue weighted by atomic mass is 35.5. The molecule has 0 aliphatic carbocycles. The van der Waals surface area contributed by atoms with Crippen LogP contribution in [0.4, 0.5) is 10.1 Å². The summed E-state index contributed by atoms with van der Waals surface area (Å²) in [6.45, 7) is -0.177. The number of hydrogen-bond acceptors (Lipinski definition) is 4. The molecule has 5 nitrogen and oxygen atoms in total. The molecule has 2 N–H and O–H groups in total. The number of benzene rings is 2. The molecule has 31 heavy (non-hydrogen) atoms. The molecule has 0 saturated carbocycles. The minimum atomic E-state index is -0.501. The van der Waals surface area contributed by atoms with Crippen LogP contribution < -0.4 is 5.32 Å². The zero-order valence-electron chi connectivity index (χ0n) is 16.1. The van der Waals surface area contributed by atoms with Crippen LogP contribution in [0.3, 0.4) is 0 Å². The van der Waals surface area contributed by atoms with E-state index >= 15 is 0 Å². The maximum Gasteiger partial charge on any atom is 0.248 e. The first kappa shape index (κ1) is 20.7. The van der Waals surface area contributed by atoms with Crippen molar-refractivity contribution in [2.45, 2.75) is 6.61 Å². The molecule has 0 aliphatic heterocycles. The summed E-state index contributed by atoms with van der Waals surface area (Å²) in [7, 11) is 0. The summed E-state index contributed by atoms with van der Waals surface area (Å²) in [4.78, 5) is 12.3. The van der Waals surface area contributed by atoms with E-state index in [1.165, 1.54) is 24.3 Å². The topological polar surface area (TPSA) is 75.6 Å². The van der Waals surface area contributed by atoms with Crippen molar-refractivity contribution in [1.82, 2.24) is 0 Å². The number of hydrogen-bond donors (Lipinski definition) is 2. The van der Waals surface area contributed by atoms with Crippen molar-refractivity contribution in [1.29, 1.82) is 0 Å². The number of furan rings is 2. The molecule has 0 radical (unpaired) electrons. The van der Waals surface area contributed by atoms with Gasteiger partial charge in [0.15, 0.2) is 0 Å². The van der Waals surface area contributed by atoms with E-state index in [9.17, 15) is 9.18 Å². The number of anilines is 1. The molecule has 0 fully saturated rings. The van der Waals surface area contributed by atoms with Gasteiger partial charge in [0.1, 0.15) is 35.5 Å².